The molecule has 1 N–H and O–H groups in total. The summed E-state index contributed by atoms with van der Waals surface area (Å²) in [5.74, 6) is -0.808. The molecular formula is C11H9BrN4O3. The van der Waals surface area contributed by atoms with E-state index in [4.69, 9.17) is 0 Å². The number of aromatic nitrogens is 3. The predicted molar refractivity (Wildman–Crippen MR) is 68.6 cm³/mol. The molecule has 2 aromatic heterocycles. The van der Waals surface area contributed by atoms with Crippen molar-refractivity contribution >= 4 is 33.4 Å². The fourth-order valence-corrected chi connectivity index (χ4v) is 2.52. The van der Waals surface area contributed by atoms with Crippen molar-refractivity contribution in [2.75, 3.05) is 0 Å². The lowest BCUT2D eigenvalue weighted by molar-refractivity contribution is -0.136. The maximum atomic E-state index is 12.2. The van der Waals surface area contributed by atoms with E-state index in [2.05, 4.69) is 26.3 Å². The van der Waals surface area contributed by atoms with Gasteiger partial charge < -0.3 is 0 Å². The first-order valence-corrected chi connectivity index (χ1v) is 6.46. The van der Waals surface area contributed by atoms with Crippen LogP contribution >= 0.6 is 15.9 Å². The number of amides is 2. The molecule has 3 rings (SSSR count). The average Bonchev–Trinajstić information content (AvgIpc) is 2.69. The Morgan fingerprint density at radius 2 is 2.16 bits per heavy atom. The summed E-state index contributed by atoms with van der Waals surface area (Å²) in [5.41, 5.74) is 0.0444. The Hall–Kier alpha value is -1.96. The topological polar surface area (TPSA) is 85.5 Å². The summed E-state index contributed by atoms with van der Waals surface area (Å²) < 4.78 is 3.15. The zero-order valence-corrected chi connectivity index (χ0v) is 11.3. The predicted octanol–water partition coefficient (Wildman–Crippen LogP) is 0.236. The summed E-state index contributed by atoms with van der Waals surface area (Å²) >= 11 is 3.30. The van der Waals surface area contributed by atoms with Crippen LogP contribution in [0.2, 0.25) is 0 Å². The number of halogens is 1. The van der Waals surface area contributed by atoms with E-state index in [1.54, 1.807) is 18.3 Å². The van der Waals surface area contributed by atoms with Gasteiger partial charge in [-0.05, 0) is 34.5 Å². The Morgan fingerprint density at radius 1 is 1.37 bits per heavy atom. The van der Waals surface area contributed by atoms with E-state index < -0.39 is 17.6 Å². The molecule has 1 unspecified atom stereocenters. The number of hydrogen-bond acceptors (Lipinski definition) is 4. The molecule has 0 bridgehead atoms. The lowest BCUT2D eigenvalue weighted by Crippen LogP contribution is -2.44. The normalized spacial score (nSPS) is 19.7. The molecule has 1 aliphatic rings. The SMILES string of the molecule is O=C1CCC(n2nc3c(Br)cccn3c2=O)C(=O)N1. The molecule has 7 nitrogen and oxygen atoms in total. The summed E-state index contributed by atoms with van der Waals surface area (Å²) in [4.78, 5) is 35.1. The second kappa shape index (κ2) is 4.30. The molecule has 8 heteroatoms. The average molecular weight is 325 g/mol. The van der Waals surface area contributed by atoms with Crippen LogP contribution in [-0.4, -0.2) is 26.0 Å². The number of rotatable bonds is 1. The Kier molecular flexibility index (Phi) is 2.74. The van der Waals surface area contributed by atoms with Crippen molar-refractivity contribution in [3.8, 4) is 0 Å². The van der Waals surface area contributed by atoms with Crippen LogP contribution in [0.5, 0.6) is 0 Å². The summed E-state index contributed by atoms with van der Waals surface area (Å²) in [5, 5.41) is 6.37. The molecule has 1 atom stereocenters. The fourth-order valence-electron chi connectivity index (χ4n) is 2.10. The van der Waals surface area contributed by atoms with Gasteiger partial charge in [-0.3, -0.25) is 14.9 Å². The number of imide groups is 1. The summed E-state index contributed by atoms with van der Waals surface area (Å²) in [7, 11) is 0. The Balaban J connectivity index is 2.13. The van der Waals surface area contributed by atoms with E-state index in [9.17, 15) is 14.4 Å². The molecule has 3 heterocycles. The van der Waals surface area contributed by atoms with Crippen molar-refractivity contribution in [2.24, 2.45) is 0 Å². The molecule has 1 saturated heterocycles. The van der Waals surface area contributed by atoms with E-state index >= 15 is 0 Å². The maximum Gasteiger partial charge on any atom is 0.351 e. The first-order valence-electron chi connectivity index (χ1n) is 5.67. The number of carbonyl (C=O) groups is 2. The monoisotopic (exact) mass is 324 g/mol. The van der Waals surface area contributed by atoms with Crippen LogP contribution in [0.3, 0.4) is 0 Å². The Morgan fingerprint density at radius 3 is 2.84 bits per heavy atom. The molecule has 2 amide bonds. The lowest BCUT2D eigenvalue weighted by Gasteiger charge is -2.19. The highest BCUT2D eigenvalue weighted by Gasteiger charge is 2.30. The van der Waals surface area contributed by atoms with Crippen LogP contribution in [0.15, 0.2) is 27.6 Å². The van der Waals surface area contributed by atoms with Crippen LogP contribution in [0.25, 0.3) is 5.65 Å². The lowest BCUT2D eigenvalue weighted by atomic mass is 10.1. The van der Waals surface area contributed by atoms with E-state index in [1.165, 1.54) is 4.40 Å². The van der Waals surface area contributed by atoms with Gasteiger partial charge in [-0.25, -0.2) is 9.20 Å². The smallest absolute Gasteiger partial charge is 0.295 e. The highest BCUT2D eigenvalue weighted by molar-refractivity contribution is 9.10. The number of pyridine rings is 1. The van der Waals surface area contributed by atoms with Crippen LogP contribution < -0.4 is 11.0 Å². The van der Waals surface area contributed by atoms with Gasteiger partial charge in [0.1, 0.15) is 6.04 Å². The van der Waals surface area contributed by atoms with Gasteiger partial charge in [0, 0.05) is 12.6 Å². The largest absolute Gasteiger partial charge is 0.351 e. The number of hydrogen-bond donors (Lipinski definition) is 1. The Bertz CT molecular complexity index is 748. The van der Waals surface area contributed by atoms with Crippen LogP contribution in [0.4, 0.5) is 0 Å². The van der Waals surface area contributed by atoms with Crippen LogP contribution in [-0.2, 0) is 9.59 Å². The van der Waals surface area contributed by atoms with Crippen molar-refractivity contribution in [1.82, 2.24) is 19.5 Å². The molecule has 2 aromatic rings. The fraction of sp³-hybridized carbons (Fsp3) is 0.273. The van der Waals surface area contributed by atoms with E-state index in [-0.39, 0.29) is 18.7 Å². The van der Waals surface area contributed by atoms with E-state index in [1.807, 2.05) is 0 Å². The Labute approximate surface area is 115 Å². The number of carbonyl (C=O) groups excluding carboxylic acids is 2. The molecule has 0 spiro atoms. The van der Waals surface area contributed by atoms with Gasteiger partial charge in [0.05, 0.1) is 4.47 Å². The third-order valence-electron chi connectivity index (χ3n) is 3.03. The van der Waals surface area contributed by atoms with Crippen molar-refractivity contribution in [3.63, 3.8) is 0 Å². The molecule has 0 radical (unpaired) electrons. The van der Waals surface area contributed by atoms with Crippen molar-refractivity contribution in [2.45, 2.75) is 18.9 Å². The molecule has 98 valence electrons. The van der Waals surface area contributed by atoms with Gasteiger partial charge in [0.25, 0.3) is 5.91 Å². The number of piperidine rings is 1. The minimum atomic E-state index is -0.739. The molecule has 1 fully saturated rings. The number of nitrogens with one attached hydrogen (secondary N) is 1. The molecular weight excluding hydrogens is 316 g/mol. The standard InChI is InChI=1S/C11H9BrN4O3/c12-6-2-1-5-15-9(6)14-16(11(15)19)7-3-4-8(17)13-10(7)18/h1-2,5,7H,3-4H2,(H,13,17,18). The van der Waals surface area contributed by atoms with Crippen molar-refractivity contribution < 1.29 is 9.59 Å². The summed E-state index contributed by atoms with van der Waals surface area (Å²) in [6.45, 7) is 0. The van der Waals surface area contributed by atoms with Crippen LogP contribution in [0, 0.1) is 0 Å². The van der Waals surface area contributed by atoms with Gasteiger partial charge in [0.2, 0.25) is 5.91 Å². The quantitative estimate of drug-likeness (QED) is 0.761. The number of nitrogens with zero attached hydrogens (tertiary/aromatic N) is 3. The second-order valence-corrected chi connectivity index (χ2v) is 5.10. The molecule has 1 aliphatic heterocycles. The second-order valence-electron chi connectivity index (χ2n) is 4.24. The maximum absolute atomic E-state index is 12.2. The van der Waals surface area contributed by atoms with Gasteiger partial charge >= 0.3 is 5.69 Å². The molecule has 19 heavy (non-hydrogen) atoms. The van der Waals surface area contributed by atoms with Gasteiger partial charge in [-0.15, -0.1) is 5.10 Å². The number of fused-ring (bicyclic) bond motifs is 1. The first kappa shape index (κ1) is 12.1. The molecule has 0 aliphatic carbocycles. The van der Waals surface area contributed by atoms with Gasteiger partial charge in [-0.2, -0.15) is 4.68 Å². The van der Waals surface area contributed by atoms with Gasteiger partial charge in [-0.1, -0.05) is 0 Å². The third-order valence-corrected chi connectivity index (χ3v) is 3.65. The van der Waals surface area contributed by atoms with Crippen molar-refractivity contribution in [3.05, 3.63) is 33.3 Å². The molecule has 0 aromatic carbocycles. The summed E-state index contributed by atoms with van der Waals surface area (Å²) in [6.07, 6.45) is 2.07. The van der Waals surface area contributed by atoms with E-state index in [0.717, 1.165) is 4.68 Å². The first-order chi connectivity index (χ1) is 9.08. The molecule has 0 saturated carbocycles. The highest BCUT2D eigenvalue weighted by Crippen LogP contribution is 2.18. The zero-order chi connectivity index (χ0) is 13.6. The van der Waals surface area contributed by atoms with E-state index in [0.29, 0.717) is 10.1 Å². The summed E-state index contributed by atoms with van der Waals surface area (Å²) in [6, 6.07) is 2.72. The van der Waals surface area contributed by atoms with Gasteiger partial charge in [0.15, 0.2) is 5.65 Å². The third kappa shape index (κ3) is 1.88. The zero-order valence-electron chi connectivity index (χ0n) is 9.67. The van der Waals surface area contributed by atoms with Crippen LogP contribution in [0.1, 0.15) is 18.9 Å². The minimum absolute atomic E-state index is 0.206. The minimum Gasteiger partial charge on any atom is -0.295 e. The highest BCUT2D eigenvalue weighted by atomic mass is 79.9. The van der Waals surface area contributed by atoms with Crippen molar-refractivity contribution in [1.29, 1.82) is 0 Å².